The summed E-state index contributed by atoms with van der Waals surface area (Å²) in [5.74, 6) is 0. The van der Waals surface area contributed by atoms with Crippen LogP contribution in [0.15, 0.2) is 30.3 Å². The molecule has 0 radical (unpaired) electrons. The minimum Gasteiger partial charge on any atom is -0.383 e. The number of rotatable bonds is 4. The Kier molecular flexibility index (Phi) is 5.27. The molecule has 1 aromatic rings. The molecule has 3 atom stereocenters. The molecule has 1 fully saturated rings. The van der Waals surface area contributed by atoms with Gasteiger partial charge in [0.1, 0.15) is 0 Å². The van der Waals surface area contributed by atoms with Crippen molar-refractivity contribution in [2.45, 2.75) is 44.1 Å². The summed E-state index contributed by atoms with van der Waals surface area (Å²) in [6.45, 7) is 8.85. The first-order valence-electron chi connectivity index (χ1n) is 7.37. The van der Waals surface area contributed by atoms with Gasteiger partial charge in [0.2, 0.25) is 0 Å². The van der Waals surface area contributed by atoms with Gasteiger partial charge >= 0.3 is 0 Å². The van der Waals surface area contributed by atoms with Crippen molar-refractivity contribution in [2.75, 3.05) is 20.3 Å². The predicted octanol–water partition coefficient (Wildman–Crippen LogP) is 4.26. The Morgan fingerprint density at radius 1 is 1.30 bits per heavy atom. The molecule has 1 aliphatic rings. The van der Waals surface area contributed by atoms with Crippen molar-refractivity contribution in [1.29, 1.82) is 0 Å². The minimum atomic E-state index is 0.281. The lowest BCUT2D eigenvalue weighted by Gasteiger charge is -2.39. The van der Waals surface area contributed by atoms with Gasteiger partial charge in [0.15, 0.2) is 0 Å². The van der Waals surface area contributed by atoms with Crippen molar-refractivity contribution in [2.24, 2.45) is 5.41 Å². The molecule has 112 valence electrons. The molecule has 3 heteroatoms. The number of likely N-dealkylation sites (tertiary alicyclic amines) is 1. The molecular weight excluding hydrogens is 314 g/mol. The second kappa shape index (κ2) is 6.59. The number of hydrogen-bond acceptors (Lipinski definition) is 2. The van der Waals surface area contributed by atoms with E-state index >= 15 is 0 Å². The Morgan fingerprint density at radius 2 is 1.95 bits per heavy atom. The quantitative estimate of drug-likeness (QED) is 0.760. The second-order valence-corrected chi connectivity index (χ2v) is 8.09. The molecule has 0 amide bonds. The van der Waals surface area contributed by atoms with Crippen molar-refractivity contribution in [3.8, 4) is 0 Å². The van der Waals surface area contributed by atoms with Crippen molar-refractivity contribution >= 4 is 15.9 Å². The smallest absolute Gasteiger partial charge is 0.0659 e. The molecule has 0 saturated carbocycles. The lowest BCUT2D eigenvalue weighted by Crippen LogP contribution is -2.43. The van der Waals surface area contributed by atoms with Gasteiger partial charge in [0.05, 0.1) is 12.6 Å². The molecule has 1 aliphatic heterocycles. The molecule has 20 heavy (non-hydrogen) atoms. The molecule has 0 spiro atoms. The molecule has 0 aliphatic carbocycles. The highest BCUT2D eigenvalue weighted by Crippen LogP contribution is 2.40. The standard InChI is InChI=1S/C17H26BrNO/c1-17(2,3)16-10-14(18)11-19(16)15(12-20-4)13-8-6-5-7-9-13/h5-9,14-16H,10-12H2,1-4H3/t14?,15-,16+/m0/s1. The normalized spacial score (nSPS) is 25.9. The lowest BCUT2D eigenvalue weighted by atomic mass is 9.84. The van der Waals surface area contributed by atoms with E-state index in [1.54, 1.807) is 7.11 Å². The third kappa shape index (κ3) is 3.63. The van der Waals surface area contributed by atoms with E-state index in [0.717, 1.165) is 13.2 Å². The van der Waals surface area contributed by atoms with Crippen LogP contribution in [0.2, 0.25) is 0 Å². The van der Waals surface area contributed by atoms with Gasteiger partial charge in [0, 0.05) is 24.5 Å². The fourth-order valence-corrected chi connectivity index (χ4v) is 3.91. The number of ether oxygens (including phenoxy) is 1. The molecular formula is C17H26BrNO. The first-order chi connectivity index (χ1) is 9.43. The van der Waals surface area contributed by atoms with Crippen molar-refractivity contribution in [3.05, 3.63) is 35.9 Å². The van der Waals surface area contributed by atoms with Gasteiger partial charge in [-0.05, 0) is 17.4 Å². The molecule has 1 aromatic carbocycles. The molecule has 1 unspecified atom stereocenters. The Bertz CT molecular complexity index is 415. The number of nitrogens with zero attached hydrogens (tertiary/aromatic N) is 1. The summed E-state index contributed by atoms with van der Waals surface area (Å²) in [7, 11) is 1.80. The monoisotopic (exact) mass is 339 g/mol. The van der Waals surface area contributed by atoms with E-state index < -0.39 is 0 Å². The summed E-state index contributed by atoms with van der Waals surface area (Å²) in [6.07, 6.45) is 1.20. The zero-order valence-corrected chi connectivity index (χ0v) is 14.6. The van der Waals surface area contributed by atoms with Crippen LogP contribution < -0.4 is 0 Å². The van der Waals surface area contributed by atoms with Crippen LogP contribution in [0, 0.1) is 5.41 Å². The maximum Gasteiger partial charge on any atom is 0.0659 e. The second-order valence-electron chi connectivity index (χ2n) is 6.79. The predicted molar refractivity (Wildman–Crippen MR) is 88.3 cm³/mol. The van der Waals surface area contributed by atoms with Crippen molar-refractivity contribution in [1.82, 2.24) is 4.90 Å². The number of alkyl halides is 1. The number of hydrogen-bond donors (Lipinski definition) is 0. The highest BCUT2D eigenvalue weighted by atomic mass is 79.9. The molecule has 0 aromatic heterocycles. The van der Waals surface area contributed by atoms with Crippen LogP contribution in [0.25, 0.3) is 0 Å². The number of methoxy groups -OCH3 is 1. The van der Waals surface area contributed by atoms with Gasteiger partial charge in [-0.1, -0.05) is 67.0 Å². The maximum absolute atomic E-state index is 5.51. The highest BCUT2D eigenvalue weighted by molar-refractivity contribution is 9.09. The number of halogens is 1. The summed E-state index contributed by atoms with van der Waals surface area (Å²) in [6, 6.07) is 11.7. The first kappa shape index (κ1) is 16.0. The van der Waals surface area contributed by atoms with Crippen LogP contribution in [-0.4, -0.2) is 36.0 Å². The largest absolute Gasteiger partial charge is 0.383 e. The summed E-state index contributed by atoms with van der Waals surface area (Å²) < 4.78 is 5.51. The Labute approximate surface area is 131 Å². The van der Waals surface area contributed by atoms with E-state index in [-0.39, 0.29) is 5.41 Å². The fraction of sp³-hybridized carbons (Fsp3) is 0.647. The van der Waals surface area contributed by atoms with Crippen LogP contribution in [0.1, 0.15) is 38.8 Å². The third-order valence-electron chi connectivity index (χ3n) is 4.20. The molecule has 2 rings (SSSR count). The first-order valence-corrected chi connectivity index (χ1v) is 8.28. The fourth-order valence-electron chi connectivity index (χ4n) is 3.22. The lowest BCUT2D eigenvalue weighted by molar-refractivity contribution is 0.0451. The van der Waals surface area contributed by atoms with E-state index in [2.05, 4.69) is 71.9 Å². The number of benzene rings is 1. The van der Waals surface area contributed by atoms with Gasteiger partial charge in [-0.15, -0.1) is 0 Å². The van der Waals surface area contributed by atoms with Gasteiger partial charge in [0.25, 0.3) is 0 Å². The van der Waals surface area contributed by atoms with E-state index in [4.69, 9.17) is 4.74 Å². The minimum absolute atomic E-state index is 0.281. The average Bonchev–Trinajstić information content (AvgIpc) is 2.79. The maximum atomic E-state index is 5.51. The van der Waals surface area contributed by atoms with Crippen LogP contribution >= 0.6 is 15.9 Å². The molecule has 0 N–H and O–H groups in total. The SMILES string of the molecule is COC[C@@H](c1ccccc1)N1CC(Br)C[C@@H]1C(C)(C)C. The van der Waals surface area contributed by atoms with E-state index in [1.807, 2.05) is 0 Å². The van der Waals surface area contributed by atoms with Crippen molar-refractivity contribution in [3.63, 3.8) is 0 Å². The van der Waals surface area contributed by atoms with E-state index in [9.17, 15) is 0 Å². The Morgan fingerprint density at radius 3 is 2.50 bits per heavy atom. The van der Waals surface area contributed by atoms with Gasteiger partial charge < -0.3 is 4.74 Å². The third-order valence-corrected chi connectivity index (χ3v) is 4.86. The summed E-state index contributed by atoms with van der Waals surface area (Å²) in [5, 5.41) is 0. The molecule has 1 heterocycles. The van der Waals surface area contributed by atoms with Gasteiger partial charge in [-0.2, -0.15) is 0 Å². The highest BCUT2D eigenvalue weighted by Gasteiger charge is 2.41. The Balaban J connectivity index is 2.28. The van der Waals surface area contributed by atoms with Crippen LogP contribution in [-0.2, 0) is 4.74 Å². The molecule has 1 saturated heterocycles. The summed E-state index contributed by atoms with van der Waals surface area (Å²) in [5.41, 5.74) is 1.63. The molecule has 0 bridgehead atoms. The van der Waals surface area contributed by atoms with Crippen LogP contribution in [0.3, 0.4) is 0 Å². The summed E-state index contributed by atoms with van der Waals surface area (Å²) >= 11 is 3.82. The zero-order chi connectivity index (χ0) is 14.8. The van der Waals surface area contributed by atoms with E-state index in [0.29, 0.717) is 16.9 Å². The topological polar surface area (TPSA) is 12.5 Å². The summed E-state index contributed by atoms with van der Waals surface area (Å²) in [4.78, 5) is 3.20. The van der Waals surface area contributed by atoms with E-state index in [1.165, 1.54) is 12.0 Å². The zero-order valence-electron chi connectivity index (χ0n) is 13.0. The molecule has 2 nitrogen and oxygen atoms in total. The van der Waals surface area contributed by atoms with Gasteiger partial charge in [-0.25, -0.2) is 0 Å². The van der Waals surface area contributed by atoms with Crippen molar-refractivity contribution < 1.29 is 4.74 Å². The Hall–Kier alpha value is -0.380. The van der Waals surface area contributed by atoms with Gasteiger partial charge in [-0.3, -0.25) is 4.90 Å². The average molecular weight is 340 g/mol. The van der Waals surface area contributed by atoms with Crippen LogP contribution in [0.5, 0.6) is 0 Å². The van der Waals surface area contributed by atoms with Crippen LogP contribution in [0.4, 0.5) is 0 Å².